The Kier molecular flexibility index (Phi) is 5.47. The maximum atomic E-state index is 12.2. The van der Waals surface area contributed by atoms with Gasteiger partial charge in [-0.1, -0.05) is 60.7 Å². The Bertz CT molecular complexity index is 662. The van der Waals surface area contributed by atoms with Crippen molar-refractivity contribution in [1.82, 2.24) is 16.0 Å². The minimum Gasteiger partial charge on any atom is -0.329 e. The number of hydrogen-bond acceptors (Lipinski definition) is 2. The van der Waals surface area contributed by atoms with Gasteiger partial charge in [0.1, 0.15) is 0 Å². The van der Waals surface area contributed by atoms with E-state index in [1.165, 1.54) is 0 Å². The third-order valence-electron chi connectivity index (χ3n) is 4.07. The molecule has 0 unspecified atom stereocenters. The maximum Gasteiger partial charge on any atom is 0.323 e. The van der Waals surface area contributed by atoms with Gasteiger partial charge in [-0.15, -0.1) is 0 Å². The molecule has 0 radical (unpaired) electrons. The molecule has 2 aromatic rings. The second-order valence-electron chi connectivity index (χ2n) is 7.02. The molecule has 0 atom stereocenters. The smallest absolute Gasteiger partial charge is 0.323 e. The molecule has 0 bridgehead atoms. The zero-order valence-corrected chi connectivity index (χ0v) is 15.1. The minimum atomic E-state index is -0.597. The fourth-order valence-corrected chi connectivity index (χ4v) is 2.59. The van der Waals surface area contributed by atoms with Crippen molar-refractivity contribution in [2.45, 2.75) is 38.8 Å². The van der Waals surface area contributed by atoms with Gasteiger partial charge >= 0.3 is 12.1 Å². The first-order valence-corrected chi connectivity index (χ1v) is 8.23. The molecular weight excluding hydrogens is 314 g/mol. The lowest BCUT2D eigenvalue weighted by Crippen LogP contribution is -2.53. The molecule has 2 rings (SSSR count). The first-order valence-electron chi connectivity index (χ1n) is 8.23. The third kappa shape index (κ3) is 5.08. The van der Waals surface area contributed by atoms with Crippen molar-refractivity contribution >= 4 is 12.1 Å². The van der Waals surface area contributed by atoms with E-state index in [0.717, 1.165) is 11.1 Å². The van der Waals surface area contributed by atoms with Crippen molar-refractivity contribution < 1.29 is 9.59 Å². The van der Waals surface area contributed by atoms with Crippen molar-refractivity contribution in [3.63, 3.8) is 0 Å². The van der Waals surface area contributed by atoms with Crippen LogP contribution in [-0.4, -0.2) is 12.1 Å². The molecule has 0 spiro atoms. The molecule has 0 aromatic heterocycles. The fourth-order valence-electron chi connectivity index (χ4n) is 2.59. The molecule has 3 N–H and O–H groups in total. The van der Waals surface area contributed by atoms with Crippen LogP contribution in [0, 0.1) is 0 Å². The summed E-state index contributed by atoms with van der Waals surface area (Å²) in [7, 11) is 0. The van der Waals surface area contributed by atoms with Crippen LogP contribution in [0.25, 0.3) is 0 Å². The molecule has 0 aliphatic heterocycles. The van der Waals surface area contributed by atoms with Gasteiger partial charge in [-0.3, -0.25) is 5.32 Å². The lowest BCUT2D eigenvalue weighted by molar-refractivity contribution is 0.215. The van der Waals surface area contributed by atoms with Gasteiger partial charge in [0, 0.05) is 0 Å². The molecule has 0 aliphatic rings. The van der Waals surface area contributed by atoms with E-state index >= 15 is 0 Å². The highest BCUT2D eigenvalue weighted by Gasteiger charge is 2.26. The summed E-state index contributed by atoms with van der Waals surface area (Å²) in [5.74, 6) is 0. The number of amides is 4. The highest BCUT2D eigenvalue weighted by Crippen LogP contribution is 2.20. The Hall–Kier alpha value is -2.82. The number of nitrogens with one attached hydrogen (secondary N) is 3. The van der Waals surface area contributed by atoms with Crippen LogP contribution < -0.4 is 16.0 Å². The van der Waals surface area contributed by atoms with Crippen molar-refractivity contribution in [3.8, 4) is 0 Å². The summed E-state index contributed by atoms with van der Waals surface area (Å²) in [6.45, 7) is 7.53. The molecule has 0 fully saturated rings. The number of carbonyl (C=O) groups excluding carboxylic acids is 2. The molecule has 0 saturated heterocycles. The first-order chi connectivity index (χ1) is 11.7. The summed E-state index contributed by atoms with van der Waals surface area (Å²) in [5, 5.41) is 7.97. The number of carbonyl (C=O) groups is 2. The van der Waals surface area contributed by atoms with Gasteiger partial charge in [0.2, 0.25) is 0 Å². The van der Waals surface area contributed by atoms with E-state index in [4.69, 9.17) is 0 Å². The monoisotopic (exact) mass is 339 g/mol. The zero-order valence-electron chi connectivity index (χ0n) is 15.1. The van der Waals surface area contributed by atoms with Gasteiger partial charge in [0.25, 0.3) is 0 Å². The highest BCUT2D eigenvalue weighted by atomic mass is 16.2. The predicted molar refractivity (Wildman–Crippen MR) is 99.1 cm³/mol. The lowest BCUT2D eigenvalue weighted by atomic mass is 9.94. The maximum absolute atomic E-state index is 12.2. The van der Waals surface area contributed by atoms with Crippen LogP contribution >= 0.6 is 0 Å². The van der Waals surface area contributed by atoms with Crippen molar-refractivity contribution in [2.75, 3.05) is 0 Å². The summed E-state index contributed by atoms with van der Waals surface area (Å²) in [5.41, 5.74) is 0.714. The third-order valence-corrected chi connectivity index (χ3v) is 4.07. The first kappa shape index (κ1) is 18.5. The molecule has 0 saturated carbocycles. The Balaban J connectivity index is 1.95. The van der Waals surface area contributed by atoms with Gasteiger partial charge in [-0.05, 0) is 38.8 Å². The van der Waals surface area contributed by atoms with E-state index in [0.29, 0.717) is 0 Å². The number of benzene rings is 2. The standard InChI is InChI=1S/C20H25N3O2/c1-19(2,15-11-7-5-8-12-15)22-17(24)21-18(25)23-20(3,4)16-13-9-6-10-14-16/h5-14H,1-4H3,(H3,21,22,23,24,25). The Morgan fingerprint density at radius 1 is 0.640 bits per heavy atom. The summed E-state index contributed by atoms with van der Waals surface area (Å²) >= 11 is 0. The van der Waals surface area contributed by atoms with Crippen LogP contribution in [0.3, 0.4) is 0 Å². The Labute approximate surface area is 148 Å². The summed E-state index contributed by atoms with van der Waals surface area (Å²) in [6.07, 6.45) is 0. The van der Waals surface area contributed by atoms with Gasteiger partial charge in [0.15, 0.2) is 0 Å². The van der Waals surface area contributed by atoms with E-state index in [9.17, 15) is 9.59 Å². The normalized spacial score (nSPS) is 11.5. The average Bonchev–Trinajstić information content (AvgIpc) is 2.55. The van der Waals surface area contributed by atoms with Crippen LogP contribution in [0.4, 0.5) is 9.59 Å². The zero-order chi connectivity index (χ0) is 18.5. The Morgan fingerprint density at radius 3 is 1.28 bits per heavy atom. The van der Waals surface area contributed by atoms with E-state index < -0.39 is 23.1 Å². The van der Waals surface area contributed by atoms with Crippen LogP contribution in [-0.2, 0) is 11.1 Å². The van der Waals surface area contributed by atoms with Gasteiger partial charge < -0.3 is 10.6 Å². The van der Waals surface area contributed by atoms with Gasteiger partial charge in [-0.2, -0.15) is 0 Å². The second-order valence-corrected chi connectivity index (χ2v) is 7.02. The number of imide groups is 1. The van der Waals surface area contributed by atoms with Crippen molar-refractivity contribution in [3.05, 3.63) is 71.8 Å². The molecule has 2 aromatic carbocycles. The quantitative estimate of drug-likeness (QED) is 0.791. The predicted octanol–water partition coefficient (Wildman–Crippen LogP) is 3.87. The largest absolute Gasteiger partial charge is 0.329 e. The molecule has 0 aliphatic carbocycles. The summed E-state index contributed by atoms with van der Waals surface area (Å²) in [6, 6.07) is 18.1. The van der Waals surface area contributed by atoms with E-state index in [1.807, 2.05) is 88.4 Å². The highest BCUT2D eigenvalue weighted by molar-refractivity contribution is 5.94. The second kappa shape index (κ2) is 7.38. The van der Waals surface area contributed by atoms with E-state index in [-0.39, 0.29) is 0 Å². The fraction of sp³-hybridized carbons (Fsp3) is 0.300. The van der Waals surface area contributed by atoms with Crippen molar-refractivity contribution in [2.24, 2.45) is 0 Å². The van der Waals surface area contributed by atoms with Crippen LogP contribution in [0.5, 0.6) is 0 Å². The molecule has 0 heterocycles. The van der Waals surface area contributed by atoms with E-state index in [1.54, 1.807) is 0 Å². The van der Waals surface area contributed by atoms with Crippen LogP contribution in [0.1, 0.15) is 38.8 Å². The molecule has 132 valence electrons. The Morgan fingerprint density at radius 2 is 0.960 bits per heavy atom. The van der Waals surface area contributed by atoms with Gasteiger partial charge in [-0.25, -0.2) is 9.59 Å². The molecule has 25 heavy (non-hydrogen) atoms. The molecule has 4 amide bonds. The minimum absolute atomic E-state index is 0.546. The SMILES string of the molecule is CC(C)(NC(=O)NC(=O)NC(C)(C)c1ccccc1)c1ccccc1. The molecule has 5 nitrogen and oxygen atoms in total. The van der Waals surface area contributed by atoms with Gasteiger partial charge in [0.05, 0.1) is 11.1 Å². The lowest BCUT2D eigenvalue weighted by Gasteiger charge is -2.29. The van der Waals surface area contributed by atoms with E-state index in [2.05, 4.69) is 16.0 Å². The number of rotatable bonds is 4. The topological polar surface area (TPSA) is 70.2 Å². The number of urea groups is 2. The summed E-state index contributed by atoms with van der Waals surface area (Å²) < 4.78 is 0. The molecule has 5 heteroatoms. The summed E-state index contributed by atoms with van der Waals surface area (Å²) in [4.78, 5) is 24.4. The van der Waals surface area contributed by atoms with Crippen LogP contribution in [0.2, 0.25) is 0 Å². The van der Waals surface area contributed by atoms with Crippen molar-refractivity contribution in [1.29, 1.82) is 0 Å². The average molecular weight is 339 g/mol. The number of hydrogen-bond donors (Lipinski definition) is 3. The van der Waals surface area contributed by atoms with Crippen LogP contribution in [0.15, 0.2) is 60.7 Å². The molecular formula is C20H25N3O2.